The maximum atomic E-state index is 12.0. The molecule has 0 aromatic heterocycles. The van der Waals surface area contributed by atoms with Crippen LogP contribution in [-0.4, -0.2) is 38.1 Å². The maximum Gasteiger partial charge on any atom is 0.338 e. The molecule has 0 atom stereocenters. The van der Waals surface area contributed by atoms with Gasteiger partial charge in [0, 0.05) is 12.1 Å². The number of methoxy groups -OCH3 is 1. The summed E-state index contributed by atoms with van der Waals surface area (Å²) in [6, 6.07) is 13.2. The second kappa shape index (κ2) is 9.81. The fraction of sp³-hybridized carbons (Fsp3) is 0.211. The summed E-state index contributed by atoms with van der Waals surface area (Å²) >= 11 is 0. The van der Waals surface area contributed by atoms with Crippen LogP contribution in [0, 0.1) is 0 Å². The summed E-state index contributed by atoms with van der Waals surface area (Å²) in [4.78, 5) is 34.5. The number of nitrogens with one attached hydrogen (secondary N) is 1. The quantitative estimate of drug-likeness (QED) is 0.635. The van der Waals surface area contributed by atoms with E-state index in [2.05, 4.69) is 5.32 Å². The van der Waals surface area contributed by atoms with Gasteiger partial charge in [-0.2, -0.15) is 0 Å². The summed E-state index contributed by atoms with van der Waals surface area (Å²) in [6.45, 7) is -0.406. The Balaban J connectivity index is 1.79. The van der Waals surface area contributed by atoms with Crippen LogP contribution in [0.1, 0.15) is 15.9 Å². The summed E-state index contributed by atoms with van der Waals surface area (Å²) in [7, 11) is 1.55. The summed E-state index contributed by atoms with van der Waals surface area (Å²) in [6.07, 6.45) is 0. The Morgan fingerprint density at radius 2 is 1.70 bits per heavy atom. The highest BCUT2D eigenvalue weighted by Crippen LogP contribution is 2.16. The van der Waals surface area contributed by atoms with Gasteiger partial charge in [0.05, 0.1) is 12.7 Å². The molecule has 0 spiro atoms. The van der Waals surface area contributed by atoms with Gasteiger partial charge in [0.25, 0.3) is 11.8 Å². The number of hydrogen-bond acceptors (Lipinski definition) is 6. The highest BCUT2D eigenvalue weighted by Gasteiger charge is 2.11. The Bertz CT molecular complexity index is 804. The van der Waals surface area contributed by atoms with E-state index in [1.54, 1.807) is 13.2 Å². The number of benzene rings is 2. The number of rotatable bonds is 9. The molecular weight excluding hydrogens is 352 g/mol. The molecule has 27 heavy (non-hydrogen) atoms. The van der Waals surface area contributed by atoms with Crippen molar-refractivity contribution in [3.63, 3.8) is 0 Å². The number of carbonyl (C=O) groups excluding carboxylic acids is 3. The zero-order valence-electron chi connectivity index (χ0n) is 14.8. The topological polar surface area (TPSA) is 117 Å². The third-order valence-corrected chi connectivity index (χ3v) is 3.47. The van der Waals surface area contributed by atoms with Crippen molar-refractivity contribution in [3.8, 4) is 11.5 Å². The normalized spacial score (nSPS) is 9.96. The van der Waals surface area contributed by atoms with Crippen LogP contribution >= 0.6 is 0 Å². The summed E-state index contributed by atoms with van der Waals surface area (Å²) < 4.78 is 15.3. The minimum Gasteiger partial charge on any atom is -0.496 e. The minimum absolute atomic E-state index is 0.249. The highest BCUT2D eigenvalue weighted by atomic mass is 16.5. The van der Waals surface area contributed by atoms with Crippen molar-refractivity contribution in [2.24, 2.45) is 5.73 Å². The second-order valence-corrected chi connectivity index (χ2v) is 5.44. The number of carbonyl (C=O) groups is 3. The van der Waals surface area contributed by atoms with E-state index in [1.807, 2.05) is 18.2 Å². The molecule has 8 nitrogen and oxygen atoms in total. The zero-order valence-corrected chi connectivity index (χ0v) is 14.8. The molecule has 0 saturated carbocycles. The van der Waals surface area contributed by atoms with Crippen molar-refractivity contribution in [2.75, 3.05) is 20.3 Å². The average Bonchev–Trinajstić information content (AvgIpc) is 2.69. The number of para-hydroxylation sites is 1. The summed E-state index contributed by atoms with van der Waals surface area (Å²) in [5, 5.41) is 2.66. The van der Waals surface area contributed by atoms with Gasteiger partial charge in [-0.25, -0.2) is 4.79 Å². The standard InChI is InChI=1S/C19H20N2O6/c1-25-16-5-3-2-4-14(16)10-21-18(23)12-27-19(24)13-6-8-15(9-7-13)26-11-17(20)22/h2-9H,10-12H2,1H3,(H2,20,22)(H,21,23). The van der Waals surface area contributed by atoms with E-state index in [0.717, 1.165) is 5.56 Å². The maximum absolute atomic E-state index is 12.0. The predicted octanol–water partition coefficient (Wildman–Crippen LogP) is 1.03. The Labute approximate surface area is 156 Å². The van der Waals surface area contributed by atoms with Crippen molar-refractivity contribution in [2.45, 2.75) is 6.54 Å². The third-order valence-electron chi connectivity index (χ3n) is 3.47. The number of amides is 2. The van der Waals surface area contributed by atoms with E-state index < -0.39 is 24.4 Å². The molecular formula is C19H20N2O6. The van der Waals surface area contributed by atoms with Crippen molar-refractivity contribution >= 4 is 17.8 Å². The first kappa shape index (κ1) is 19.8. The number of ether oxygens (including phenoxy) is 3. The van der Waals surface area contributed by atoms with E-state index in [-0.39, 0.29) is 18.7 Å². The van der Waals surface area contributed by atoms with Crippen LogP contribution < -0.4 is 20.5 Å². The molecule has 0 unspecified atom stereocenters. The fourth-order valence-corrected chi connectivity index (χ4v) is 2.15. The molecule has 0 aliphatic rings. The van der Waals surface area contributed by atoms with Crippen LogP contribution in [0.2, 0.25) is 0 Å². The van der Waals surface area contributed by atoms with Gasteiger partial charge < -0.3 is 25.3 Å². The minimum atomic E-state index is -0.649. The van der Waals surface area contributed by atoms with Gasteiger partial charge in [0.15, 0.2) is 13.2 Å². The van der Waals surface area contributed by atoms with Crippen LogP contribution in [0.4, 0.5) is 0 Å². The molecule has 8 heteroatoms. The van der Waals surface area contributed by atoms with Crippen molar-refractivity contribution in [1.82, 2.24) is 5.32 Å². The molecule has 0 radical (unpaired) electrons. The molecule has 0 fully saturated rings. The van der Waals surface area contributed by atoms with Gasteiger partial charge in [-0.05, 0) is 30.3 Å². The highest BCUT2D eigenvalue weighted by molar-refractivity contribution is 5.91. The second-order valence-electron chi connectivity index (χ2n) is 5.44. The van der Waals surface area contributed by atoms with E-state index in [9.17, 15) is 14.4 Å². The Kier molecular flexibility index (Phi) is 7.18. The first-order valence-electron chi connectivity index (χ1n) is 8.06. The molecule has 0 aliphatic heterocycles. The molecule has 0 aliphatic carbocycles. The van der Waals surface area contributed by atoms with Gasteiger partial charge in [-0.1, -0.05) is 18.2 Å². The van der Waals surface area contributed by atoms with Crippen molar-refractivity contribution in [3.05, 3.63) is 59.7 Å². The van der Waals surface area contributed by atoms with Gasteiger partial charge >= 0.3 is 5.97 Å². The first-order chi connectivity index (χ1) is 13.0. The SMILES string of the molecule is COc1ccccc1CNC(=O)COC(=O)c1ccc(OCC(N)=O)cc1. The molecule has 3 N–H and O–H groups in total. The number of primary amides is 1. The molecule has 142 valence electrons. The average molecular weight is 372 g/mol. The van der Waals surface area contributed by atoms with E-state index >= 15 is 0 Å². The van der Waals surface area contributed by atoms with Crippen LogP contribution in [0.25, 0.3) is 0 Å². The molecule has 0 bridgehead atoms. The lowest BCUT2D eigenvalue weighted by atomic mass is 10.2. The van der Waals surface area contributed by atoms with Gasteiger partial charge in [-0.15, -0.1) is 0 Å². The third kappa shape index (κ3) is 6.35. The van der Waals surface area contributed by atoms with Crippen molar-refractivity contribution < 1.29 is 28.6 Å². The summed E-state index contributed by atoms with van der Waals surface area (Å²) in [5.41, 5.74) is 6.04. The molecule has 2 amide bonds. The van der Waals surface area contributed by atoms with Crippen LogP contribution in [-0.2, 0) is 20.9 Å². The largest absolute Gasteiger partial charge is 0.496 e. The van der Waals surface area contributed by atoms with Crippen LogP contribution in [0.3, 0.4) is 0 Å². The molecule has 2 aromatic carbocycles. The van der Waals surface area contributed by atoms with Crippen molar-refractivity contribution in [1.29, 1.82) is 0 Å². The molecule has 0 heterocycles. The lowest BCUT2D eigenvalue weighted by molar-refractivity contribution is -0.124. The van der Waals surface area contributed by atoms with E-state index in [4.69, 9.17) is 19.9 Å². The molecule has 0 saturated heterocycles. The van der Waals surface area contributed by atoms with E-state index in [1.165, 1.54) is 24.3 Å². The van der Waals surface area contributed by atoms with Crippen LogP contribution in [0.15, 0.2) is 48.5 Å². The van der Waals surface area contributed by atoms with Gasteiger partial charge in [0.1, 0.15) is 11.5 Å². The Morgan fingerprint density at radius 1 is 1.00 bits per heavy atom. The Hall–Kier alpha value is -3.55. The van der Waals surface area contributed by atoms with Gasteiger partial charge in [0.2, 0.25) is 0 Å². The fourth-order valence-electron chi connectivity index (χ4n) is 2.15. The van der Waals surface area contributed by atoms with E-state index in [0.29, 0.717) is 11.5 Å². The lowest BCUT2D eigenvalue weighted by Crippen LogP contribution is -2.28. The molecule has 2 rings (SSSR count). The lowest BCUT2D eigenvalue weighted by Gasteiger charge is -2.10. The zero-order chi connectivity index (χ0) is 19.6. The number of hydrogen-bond donors (Lipinski definition) is 2. The summed E-state index contributed by atoms with van der Waals surface area (Å²) in [5.74, 6) is -0.634. The first-order valence-corrected chi connectivity index (χ1v) is 8.06. The smallest absolute Gasteiger partial charge is 0.338 e. The number of esters is 1. The number of nitrogens with two attached hydrogens (primary N) is 1. The van der Waals surface area contributed by atoms with Gasteiger partial charge in [-0.3, -0.25) is 9.59 Å². The monoisotopic (exact) mass is 372 g/mol. The van der Waals surface area contributed by atoms with Crippen LogP contribution in [0.5, 0.6) is 11.5 Å². The predicted molar refractivity (Wildman–Crippen MR) is 96.3 cm³/mol. The molecule has 2 aromatic rings. The Morgan fingerprint density at radius 3 is 2.37 bits per heavy atom.